The lowest BCUT2D eigenvalue weighted by molar-refractivity contribution is -0.384. The second-order valence-corrected chi connectivity index (χ2v) is 6.29. The maximum absolute atomic E-state index is 10.8. The number of nitro groups is 1. The third-order valence-electron chi connectivity index (χ3n) is 3.44. The highest BCUT2D eigenvalue weighted by molar-refractivity contribution is 7.98. The predicted molar refractivity (Wildman–Crippen MR) is 98.5 cm³/mol. The number of thioether (sulfide) groups is 1. The molecule has 6 nitrogen and oxygen atoms in total. The highest BCUT2D eigenvalue weighted by Crippen LogP contribution is 2.21. The Hall–Kier alpha value is -2.93. The summed E-state index contributed by atoms with van der Waals surface area (Å²) in [6, 6.07) is 16.7. The molecule has 0 spiro atoms. The Balaban J connectivity index is 1.60. The highest BCUT2D eigenvalue weighted by Gasteiger charge is 2.06. The van der Waals surface area contributed by atoms with E-state index >= 15 is 0 Å². The molecule has 0 amide bonds. The van der Waals surface area contributed by atoms with Gasteiger partial charge in [-0.15, -0.1) is 11.8 Å². The van der Waals surface area contributed by atoms with Crippen LogP contribution in [-0.2, 0) is 12.3 Å². The van der Waals surface area contributed by atoms with Crippen LogP contribution < -0.4 is 5.32 Å². The SMILES string of the molecule is O=[N+]([O-])c1cccc(CNc2cncc(SCc3ccccc3)n2)c1. The molecule has 1 heterocycles. The van der Waals surface area contributed by atoms with Crippen LogP contribution in [0.4, 0.5) is 11.5 Å². The lowest BCUT2D eigenvalue weighted by Gasteiger charge is -2.07. The number of hydrogen-bond donors (Lipinski definition) is 1. The van der Waals surface area contributed by atoms with Crippen LogP contribution >= 0.6 is 11.8 Å². The molecule has 7 heteroatoms. The summed E-state index contributed by atoms with van der Waals surface area (Å²) in [6.45, 7) is 0.448. The molecule has 126 valence electrons. The Morgan fingerprint density at radius 3 is 2.64 bits per heavy atom. The minimum atomic E-state index is -0.399. The molecule has 1 aromatic heterocycles. The van der Waals surface area contributed by atoms with Crippen molar-refractivity contribution < 1.29 is 4.92 Å². The zero-order valence-electron chi connectivity index (χ0n) is 13.3. The first-order valence-corrected chi connectivity index (χ1v) is 8.65. The van der Waals surface area contributed by atoms with Crippen molar-refractivity contribution in [3.8, 4) is 0 Å². The maximum atomic E-state index is 10.8. The van der Waals surface area contributed by atoms with E-state index in [0.717, 1.165) is 16.3 Å². The molecule has 0 bridgehead atoms. The second kappa shape index (κ2) is 8.25. The lowest BCUT2D eigenvalue weighted by Crippen LogP contribution is -2.03. The molecule has 0 saturated carbocycles. The van der Waals surface area contributed by atoms with Gasteiger partial charge >= 0.3 is 0 Å². The maximum Gasteiger partial charge on any atom is 0.269 e. The van der Waals surface area contributed by atoms with Gasteiger partial charge in [0.25, 0.3) is 5.69 Å². The first-order chi connectivity index (χ1) is 12.2. The van der Waals surface area contributed by atoms with Gasteiger partial charge in [0.1, 0.15) is 10.8 Å². The van der Waals surface area contributed by atoms with Gasteiger partial charge in [0.15, 0.2) is 0 Å². The summed E-state index contributed by atoms with van der Waals surface area (Å²) < 4.78 is 0. The van der Waals surface area contributed by atoms with Gasteiger partial charge in [0.2, 0.25) is 0 Å². The summed E-state index contributed by atoms with van der Waals surface area (Å²) in [5, 5.41) is 14.8. The average molecular weight is 352 g/mol. The minimum absolute atomic E-state index is 0.0811. The molecular formula is C18H16N4O2S. The summed E-state index contributed by atoms with van der Waals surface area (Å²) in [5.74, 6) is 1.47. The third kappa shape index (κ3) is 5.02. The van der Waals surface area contributed by atoms with Gasteiger partial charge in [-0.3, -0.25) is 15.1 Å². The number of hydrogen-bond acceptors (Lipinski definition) is 6. The molecular weight excluding hydrogens is 336 g/mol. The number of nitro benzene ring substituents is 1. The van der Waals surface area contributed by atoms with E-state index in [2.05, 4.69) is 27.4 Å². The summed E-state index contributed by atoms with van der Waals surface area (Å²) in [7, 11) is 0. The van der Waals surface area contributed by atoms with Gasteiger partial charge in [-0.2, -0.15) is 0 Å². The third-order valence-corrected chi connectivity index (χ3v) is 4.41. The molecule has 0 aliphatic rings. The quantitative estimate of drug-likeness (QED) is 0.388. The first-order valence-electron chi connectivity index (χ1n) is 7.67. The Morgan fingerprint density at radius 1 is 1.04 bits per heavy atom. The van der Waals surface area contributed by atoms with Crippen molar-refractivity contribution in [2.24, 2.45) is 0 Å². The molecule has 3 rings (SSSR count). The van der Waals surface area contributed by atoms with E-state index in [1.54, 1.807) is 36.3 Å². The van der Waals surface area contributed by atoms with E-state index in [9.17, 15) is 10.1 Å². The zero-order valence-corrected chi connectivity index (χ0v) is 14.1. The number of non-ortho nitro benzene ring substituents is 1. The van der Waals surface area contributed by atoms with Gasteiger partial charge in [-0.25, -0.2) is 4.98 Å². The number of anilines is 1. The monoisotopic (exact) mass is 352 g/mol. The topological polar surface area (TPSA) is 81.0 Å². The number of aromatic nitrogens is 2. The summed E-state index contributed by atoms with van der Waals surface area (Å²) >= 11 is 1.61. The summed E-state index contributed by atoms with van der Waals surface area (Å²) in [5.41, 5.74) is 2.13. The number of rotatable bonds is 7. The first kappa shape index (κ1) is 16.9. The van der Waals surface area contributed by atoms with Crippen molar-refractivity contribution in [3.05, 3.63) is 88.2 Å². The number of nitrogens with one attached hydrogen (secondary N) is 1. The van der Waals surface area contributed by atoms with Crippen molar-refractivity contribution in [1.29, 1.82) is 0 Å². The summed E-state index contributed by atoms with van der Waals surface area (Å²) in [6.07, 6.45) is 3.37. The van der Waals surface area contributed by atoms with Crippen molar-refractivity contribution in [1.82, 2.24) is 9.97 Å². The van der Waals surface area contributed by atoms with E-state index in [0.29, 0.717) is 12.4 Å². The fourth-order valence-electron chi connectivity index (χ4n) is 2.21. The fourth-order valence-corrected chi connectivity index (χ4v) is 3.01. The Bertz CT molecular complexity index is 858. The number of benzene rings is 2. The van der Waals surface area contributed by atoms with E-state index < -0.39 is 4.92 Å². The van der Waals surface area contributed by atoms with Gasteiger partial charge < -0.3 is 5.32 Å². The van der Waals surface area contributed by atoms with Crippen LogP contribution in [0.3, 0.4) is 0 Å². The molecule has 0 aliphatic heterocycles. The van der Waals surface area contributed by atoms with Crippen LogP contribution in [0.5, 0.6) is 0 Å². The molecule has 0 unspecified atom stereocenters. The molecule has 0 aliphatic carbocycles. The molecule has 3 aromatic rings. The van der Waals surface area contributed by atoms with Crippen LogP contribution in [-0.4, -0.2) is 14.9 Å². The summed E-state index contributed by atoms with van der Waals surface area (Å²) in [4.78, 5) is 19.1. The van der Waals surface area contributed by atoms with Gasteiger partial charge in [-0.05, 0) is 11.1 Å². The standard InChI is InChI=1S/C18H16N4O2S/c23-22(24)16-8-4-7-15(9-16)10-20-17-11-19-12-18(21-17)25-13-14-5-2-1-3-6-14/h1-9,11-12H,10,13H2,(H,20,21). The van der Waals surface area contributed by atoms with Crippen molar-refractivity contribution in [2.45, 2.75) is 17.3 Å². The Morgan fingerprint density at radius 2 is 1.84 bits per heavy atom. The smallest absolute Gasteiger partial charge is 0.269 e. The van der Waals surface area contributed by atoms with Crippen molar-refractivity contribution >= 4 is 23.3 Å². The van der Waals surface area contributed by atoms with Crippen LogP contribution in [0.1, 0.15) is 11.1 Å². The van der Waals surface area contributed by atoms with Crippen LogP contribution in [0, 0.1) is 10.1 Å². The van der Waals surface area contributed by atoms with Gasteiger partial charge in [-0.1, -0.05) is 42.5 Å². The normalized spacial score (nSPS) is 10.4. The Kier molecular flexibility index (Phi) is 5.58. The highest BCUT2D eigenvalue weighted by atomic mass is 32.2. The zero-order chi connectivity index (χ0) is 17.5. The van der Waals surface area contributed by atoms with E-state index in [1.165, 1.54) is 11.6 Å². The minimum Gasteiger partial charge on any atom is -0.365 e. The molecule has 0 atom stereocenters. The fraction of sp³-hybridized carbons (Fsp3) is 0.111. The predicted octanol–water partition coefficient (Wildman–Crippen LogP) is 4.29. The average Bonchev–Trinajstić information content (AvgIpc) is 2.66. The van der Waals surface area contributed by atoms with Crippen LogP contribution in [0.15, 0.2) is 72.0 Å². The second-order valence-electron chi connectivity index (χ2n) is 5.30. The lowest BCUT2D eigenvalue weighted by atomic mass is 10.2. The van der Waals surface area contributed by atoms with Crippen LogP contribution in [0.2, 0.25) is 0 Å². The van der Waals surface area contributed by atoms with E-state index in [4.69, 9.17) is 0 Å². The Labute approximate surface area is 149 Å². The molecule has 25 heavy (non-hydrogen) atoms. The molecule has 0 saturated heterocycles. The van der Waals surface area contributed by atoms with E-state index in [1.807, 2.05) is 24.3 Å². The molecule has 2 aromatic carbocycles. The van der Waals surface area contributed by atoms with Gasteiger partial charge in [0.05, 0.1) is 17.3 Å². The van der Waals surface area contributed by atoms with Gasteiger partial charge in [0, 0.05) is 24.4 Å². The van der Waals surface area contributed by atoms with Crippen LogP contribution in [0.25, 0.3) is 0 Å². The molecule has 0 fully saturated rings. The molecule has 0 radical (unpaired) electrons. The number of nitrogens with zero attached hydrogens (tertiary/aromatic N) is 3. The van der Waals surface area contributed by atoms with Crippen molar-refractivity contribution in [2.75, 3.05) is 5.32 Å². The molecule has 1 N–H and O–H groups in total. The van der Waals surface area contributed by atoms with E-state index in [-0.39, 0.29) is 5.69 Å². The largest absolute Gasteiger partial charge is 0.365 e. The van der Waals surface area contributed by atoms with Crippen molar-refractivity contribution in [3.63, 3.8) is 0 Å².